The van der Waals surface area contributed by atoms with Gasteiger partial charge in [0, 0.05) is 5.56 Å². The lowest BCUT2D eigenvalue weighted by Crippen LogP contribution is -2.35. The van der Waals surface area contributed by atoms with Crippen molar-refractivity contribution >= 4 is 5.78 Å². The third-order valence-corrected chi connectivity index (χ3v) is 3.38. The molecule has 0 N–H and O–H groups in total. The average molecular weight is 268 g/mol. The second kappa shape index (κ2) is 5.99. The van der Waals surface area contributed by atoms with Gasteiger partial charge in [0.05, 0.1) is 19.8 Å². The van der Waals surface area contributed by atoms with Crippen molar-refractivity contribution in [3.8, 4) is 11.1 Å². The van der Waals surface area contributed by atoms with E-state index in [1.54, 1.807) is 0 Å². The zero-order valence-corrected chi connectivity index (χ0v) is 11.1. The first-order valence-electron chi connectivity index (χ1n) is 6.73. The largest absolute Gasteiger partial charge is 0.376 e. The van der Waals surface area contributed by atoms with Crippen LogP contribution in [0.15, 0.2) is 54.6 Å². The monoisotopic (exact) mass is 268 g/mol. The third kappa shape index (κ3) is 2.79. The fourth-order valence-corrected chi connectivity index (χ4v) is 2.28. The van der Waals surface area contributed by atoms with E-state index in [2.05, 4.69) is 12.1 Å². The Hall–Kier alpha value is -1.97. The standard InChI is InChI=1S/C17H16O3/c18-17(16-12-19-10-11-20-16)15-8-6-14(7-9-15)13-4-2-1-3-5-13/h1-9,16H,10-12H2. The number of benzene rings is 2. The molecule has 1 aliphatic heterocycles. The van der Waals surface area contributed by atoms with Crippen LogP contribution in [0.2, 0.25) is 0 Å². The SMILES string of the molecule is O=C(c1ccc(-c2ccccc2)cc1)C1COCCO1. The molecule has 1 unspecified atom stereocenters. The lowest BCUT2D eigenvalue weighted by Gasteiger charge is -2.21. The minimum atomic E-state index is -0.466. The van der Waals surface area contributed by atoms with E-state index >= 15 is 0 Å². The molecule has 1 fully saturated rings. The fourth-order valence-electron chi connectivity index (χ4n) is 2.28. The molecule has 0 amide bonds. The Bertz CT molecular complexity index is 569. The first-order valence-corrected chi connectivity index (χ1v) is 6.73. The van der Waals surface area contributed by atoms with Crippen LogP contribution in [0.5, 0.6) is 0 Å². The predicted octanol–water partition coefficient (Wildman–Crippen LogP) is 2.95. The van der Waals surface area contributed by atoms with Gasteiger partial charge in [-0.1, -0.05) is 54.6 Å². The number of rotatable bonds is 3. The Kier molecular flexibility index (Phi) is 3.90. The number of ether oxygens (including phenoxy) is 2. The van der Waals surface area contributed by atoms with Crippen LogP contribution >= 0.6 is 0 Å². The minimum Gasteiger partial charge on any atom is -0.376 e. The lowest BCUT2D eigenvalue weighted by atomic mass is 10.0. The Morgan fingerprint density at radius 1 is 0.900 bits per heavy atom. The molecule has 0 bridgehead atoms. The van der Waals surface area contributed by atoms with Gasteiger partial charge in [0.15, 0.2) is 5.78 Å². The quantitative estimate of drug-likeness (QED) is 0.803. The van der Waals surface area contributed by atoms with Crippen molar-refractivity contribution in [3.05, 3.63) is 60.2 Å². The lowest BCUT2D eigenvalue weighted by molar-refractivity contribution is -0.0719. The summed E-state index contributed by atoms with van der Waals surface area (Å²) in [7, 11) is 0. The van der Waals surface area contributed by atoms with E-state index in [0.717, 1.165) is 11.1 Å². The van der Waals surface area contributed by atoms with E-state index in [1.807, 2.05) is 42.5 Å². The van der Waals surface area contributed by atoms with Gasteiger partial charge >= 0.3 is 0 Å². The molecule has 3 rings (SSSR count). The van der Waals surface area contributed by atoms with E-state index in [9.17, 15) is 4.79 Å². The van der Waals surface area contributed by atoms with Gasteiger partial charge in [-0.3, -0.25) is 4.79 Å². The van der Waals surface area contributed by atoms with Crippen LogP contribution in [0.1, 0.15) is 10.4 Å². The Labute approximate surface area is 118 Å². The van der Waals surface area contributed by atoms with E-state index in [1.165, 1.54) is 0 Å². The number of hydrogen-bond acceptors (Lipinski definition) is 3. The van der Waals surface area contributed by atoms with Gasteiger partial charge in [-0.05, 0) is 11.1 Å². The van der Waals surface area contributed by atoms with Gasteiger partial charge in [0.25, 0.3) is 0 Å². The highest BCUT2D eigenvalue weighted by atomic mass is 16.6. The second-order valence-electron chi connectivity index (χ2n) is 4.74. The van der Waals surface area contributed by atoms with Crippen molar-refractivity contribution in [3.63, 3.8) is 0 Å². The molecule has 0 aromatic heterocycles. The maximum absolute atomic E-state index is 12.2. The number of hydrogen-bond donors (Lipinski definition) is 0. The van der Waals surface area contributed by atoms with Crippen molar-refractivity contribution in [2.45, 2.75) is 6.10 Å². The van der Waals surface area contributed by atoms with Crippen LogP contribution in [0.3, 0.4) is 0 Å². The molecule has 0 spiro atoms. The molecule has 0 radical (unpaired) electrons. The summed E-state index contributed by atoms with van der Waals surface area (Å²) < 4.78 is 10.7. The topological polar surface area (TPSA) is 35.5 Å². The highest BCUT2D eigenvalue weighted by Gasteiger charge is 2.23. The summed E-state index contributed by atoms with van der Waals surface area (Å²) in [6.07, 6.45) is -0.466. The minimum absolute atomic E-state index is 0.00990. The van der Waals surface area contributed by atoms with Crippen LogP contribution in [0.4, 0.5) is 0 Å². The molecule has 102 valence electrons. The number of carbonyl (C=O) groups is 1. The van der Waals surface area contributed by atoms with Crippen LogP contribution in [0.25, 0.3) is 11.1 Å². The predicted molar refractivity (Wildman–Crippen MR) is 76.8 cm³/mol. The molecule has 2 aromatic carbocycles. The molecule has 0 aliphatic carbocycles. The van der Waals surface area contributed by atoms with E-state index in [-0.39, 0.29) is 5.78 Å². The van der Waals surface area contributed by atoms with Gasteiger partial charge in [-0.15, -0.1) is 0 Å². The highest BCUT2D eigenvalue weighted by Crippen LogP contribution is 2.20. The maximum Gasteiger partial charge on any atom is 0.193 e. The normalized spacial score (nSPS) is 18.7. The number of carbonyl (C=O) groups excluding carboxylic acids is 1. The van der Waals surface area contributed by atoms with Crippen molar-refractivity contribution in [1.82, 2.24) is 0 Å². The summed E-state index contributed by atoms with van der Waals surface area (Å²) in [6, 6.07) is 17.7. The zero-order valence-electron chi connectivity index (χ0n) is 11.1. The van der Waals surface area contributed by atoms with Gasteiger partial charge < -0.3 is 9.47 Å². The molecule has 1 heterocycles. The van der Waals surface area contributed by atoms with Crippen molar-refractivity contribution in [2.75, 3.05) is 19.8 Å². The van der Waals surface area contributed by atoms with Crippen molar-refractivity contribution < 1.29 is 14.3 Å². The molecule has 1 atom stereocenters. The van der Waals surface area contributed by atoms with E-state index in [0.29, 0.717) is 25.4 Å². The van der Waals surface area contributed by atoms with Crippen molar-refractivity contribution in [2.24, 2.45) is 0 Å². The Morgan fingerprint density at radius 3 is 2.25 bits per heavy atom. The van der Waals surface area contributed by atoms with Crippen molar-refractivity contribution in [1.29, 1.82) is 0 Å². The van der Waals surface area contributed by atoms with E-state index < -0.39 is 6.10 Å². The molecule has 1 aliphatic rings. The summed E-state index contributed by atoms with van der Waals surface area (Å²) in [5.74, 6) is -0.00990. The summed E-state index contributed by atoms with van der Waals surface area (Å²) in [5.41, 5.74) is 2.91. The Morgan fingerprint density at radius 2 is 1.60 bits per heavy atom. The van der Waals surface area contributed by atoms with Gasteiger partial charge in [-0.25, -0.2) is 0 Å². The summed E-state index contributed by atoms with van der Waals surface area (Å²) in [6.45, 7) is 1.40. The number of ketones is 1. The van der Waals surface area contributed by atoms with Crippen LogP contribution in [0, 0.1) is 0 Å². The Balaban J connectivity index is 1.77. The molecule has 3 heteroatoms. The van der Waals surface area contributed by atoms with Crippen LogP contribution in [-0.4, -0.2) is 31.7 Å². The molecule has 1 saturated heterocycles. The van der Waals surface area contributed by atoms with Gasteiger partial charge in [0.2, 0.25) is 0 Å². The zero-order chi connectivity index (χ0) is 13.8. The molecule has 2 aromatic rings. The fraction of sp³-hybridized carbons (Fsp3) is 0.235. The van der Waals surface area contributed by atoms with Gasteiger partial charge in [-0.2, -0.15) is 0 Å². The molecule has 3 nitrogen and oxygen atoms in total. The highest BCUT2D eigenvalue weighted by molar-refractivity contribution is 6.00. The summed E-state index contributed by atoms with van der Waals surface area (Å²) in [5, 5.41) is 0. The molecule has 20 heavy (non-hydrogen) atoms. The summed E-state index contributed by atoms with van der Waals surface area (Å²) >= 11 is 0. The van der Waals surface area contributed by atoms with E-state index in [4.69, 9.17) is 9.47 Å². The molecule has 0 saturated carbocycles. The van der Waals surface area contributed by atoms with Crippen LogP contribution < -0.4 is 0 Å². The smallest absolute Gasteiger partial charge is 0.193 e. The maximum atomic E-state index is 12.2. The molecular formula is C17H16O3. The van der Waals surface area contributed by atoms with Gasteiger partial charge in [0.1, 0.15) is 6.10 Å². The van der Waals surface area contributed by atoms with Crippen LogP contribution in [-0.2, 0) is 9.47 Å². The number of Topliss-reactive ketones (excluding diaryl/α,β-unsaturated/α-hetero) is 1. The first-order chi connectivity index (χ1) is 9.84. The summed E-state index contributed by atoms with van der Waals surface area (Å²) in [4.78, 5) is 12.2. The third-order valence-electron chi connectivity index (χ3n) is 3.38. The molecular weight excluding hydrogens is 252 g/mol. The second-order valence-corrected chi connectivity index (χ2v) is 4.74. The first kappa shape index (κ1) is 13.0. The average Bonchev–Trinajstić information content (AvgIpc) is 2.56.